The largest absolute Gasteiger partial charge is 0.358 e. The fraction of sp³-hybridized carbons (Fsp3) is 0. The van der Waals surface area contributed by atoms with Crippen LogP contribution in [0.1, 0.15) is 5.56 Å². The topological polar surface area (TPSA) is 73.0 Å². The van der Waals surface area contributed by atoms with E-state index in [9.17, 15) is 4.79 Å². The van der Waals surface area contributed by atoms with Crippen molar-refractivity contribution in [3.05, 3.63) is 40.6 Å². The van der Waals surface area contributed by atoms with Crippen molar-refractivity contribution in [2.45, 2.75) is 0 Å². The highest BCUT2D eigenvalue weighted by atomic mass is 16.1. The van der Waals surface area contributed by atoms with Gasteiger partial charge in [0.15, 0.2) is 0 Å². The maximum Gasteiger partial charge on any atom is 0.323 e. The van der Waals surface area contributed by atoms with E-state index >= 15 is 0 Å². The van der Waals surface area contributed by atoms with Gasteiger partial charge in [0.25, 0.3) is 0 Å². The van der Waals surface area contributed by atoms with Crippen LogP contribution >= 0.6 is 0 Å². The van der Waals surface area contributed by atoms with Crippen LogP contribution in [-0.2, 0) is 0 Å². The second kappa shape index (κ2) is 2.84. The molecule has 1 aliphatic rings. The molecular formula is C10H8N4O. The molecule has 0 saturated carbocycles. The highest BCUT2D eigenvalue weighted by molar-refractivity contribution is 6.00. The molecule has 0 atom stereocenters. The van der Waals surface area contributed by atoms with Crippen molar-refractivity contribution in [3.63, 3.8) is 0 Å². The van der Waals surface area contributed by atoms with E-state index in [1.165, 1.54) is 0 Å². The molecule has 2 heterocycles. The van der Waals surface area contributed by atoms with E-state index in [1.54, 1.807) is 18.6 Å². The lowest BCUT2D eigenvalue weighted by Crippen LogP contribution is -2.00. The van der Waals surface area contributed by atoms with Crippen LogP contribution in [0.5, 0.6) is 0 Å². The molecule has 74 valence electrons. The number of aliphatic imine (C=N–C) groups is 1. The van der Waals surface area contributed by atoms with Crippen LogP contribution in [0, 0.1) is 0 Å². The first-order valence-electron chi connectivity index (χ1n) is 4.54. The molecular weight excluding hydrogens is 192 g/mol. The van der Waals surface area contributed by atoms with Crippen molar-refractivity contribution in [2.75, 3.05) is 5.32 Å². The van der Waals surface area contributed by atoms with E-state index in [4.69, 9.17) is 0 Å². The van der Waals surface area contributed by atoms with Gasteiger partial charge in [-0.05, 0) is 12.1 Å². The number of benzene rings is 1. The summed E-state index contributed by atoms with van der Waals surface area (Å²) in [6, 6.07) is 3.76. The third-order valence-electron chi connectivity index (χ3n) is 2.33. The number of imidazole rings is 1. The standard InChI is InChI=1S/C10H8N4O/c15-10-13-7-2-1-6-5-11-3-4-12-8(6)9(7)14-10/h1-5,12H,(H2,13,14,15). The molecule has 5 heteroatoms. The summed E-state index contributed by atoms with van der Waals surface area (Å²) in [6.07, 6.45) is 5.14. The Balaban J connectivity index is 2.42. The number of rotatable bonds is 0. The molecule has 0 saturated heterocycles. The van der Waals surface area contributed by atoms with E-state index in [2.05, 4.69) is 20.3 Å². The molecule has 0 aliphatic carbocycles. The molecule has 3 N–H and O–H groups in total. The van der Waals surface area contributed by atoms with Gasteiger partial charge >= 0.3 is 5.69 Å². The highest BCUT2D eigenvalue weighted by Crippen LogP contribution is 2.23. The van der Waals surface area contributed by atoms with Crippen molar-refractivity contribution in [2.24, 2.45) is 4.99 Å². The highest BCUT2D eigenvalue weighted by Gasteiger charge is 2.08. The van der Waals surface area contributed by atoms with Crippen molar-refractivity contribution in [3.8, 4) is 0 Å². The number of anilines is 1. The summed E-state index contributed by atoms with van der Waals surface area (Å²) < 4.78 is 0. The van der Waals surface area contributed by atoms with Gasteiger partial charge in [0.2, 0.25) is 0 Å². The van der Waals surface area contributed by atoms with Crippen LogP contribution in [-0.4, -0.2) is 16.2 Å². The number of nitrogens with zero attached hydrogens (tertiary/aromatic N) is 1. The van der Waals surface area contributed by atoms with Gasteiger partial charge < -0.3 is 15.3 Å². The maximum absolute atomic E-state index is 11.2. The molecule has 1 aromatic heterocycles. The third-order valence-corrected chi connectivity index (χ3v) is 2.33. The van der Waals surface area contributed by atoms with Crippen LogP contribution in [0.4, 0.5) is 5.69 Å². The summed E-state index contributed by atoms with van der Waals surface area (Å²) in [5, 5.41) is 3.09. The summed E-state index contributed by atoms with van der Waals surface area (Å²) in [5.74, 6) is 0. The summed E-state index contributed by atoms with van der Waals surface area (Å²) in [7, 11) is 0. The van der Waals surface area contributed by atoms with E-state index in [-0.39, 0.29) is 5.69 Å². The van der Waals surface area contributed by atoms with Gasteiger partial charge in [-0.3, -0.25) is 4.99 Å². The first-order valence-corrected chi connectivity index (χ1v) is 4.54. The van der Waals surface area contributed by atoms with E-state index < -0.39 is 0 Å². The van der Waals surface area contributed by atoms with E-state index in [1.807, 2.05) is 12.1 Å². The van der Waals surface area contributed by atoms with Gasteiger partial charge in [-0.1, -0.05) is 0 Å². The minimum Gasteiger partial charge on any atom is -0.358 e. The normalized spacial score (nSPS) is 13.6. The van der Waals surface area contributed by atoms with Gasteiger partial charge in [-0.25, -0.2) is 4.79 Å². The molecule has 1 aromatic carbocycles. The minimum absolute atomic E-state index is 0.203. The molecule has 1 aliphatic heterocycles. The molecule has 15 heavy (non-hydrogen) atoms. The molecule has 0 spiro atoms. The Morgan fingerprint density at radius 2 is 2.13 bits per heavy atom. The quantitative estimate of drug-likeness (QED) is 0.597. The van der Waals surface area contributed by atoms with Crippen molar-refractivity contribution >= 4 is 22.9 Å². The number of fused-ring (bicyclic) bond motifs is 3. The molecule has 0 amide bonds. The predicted molar refractivity (Wildman–Crippen MR) is 59.3 cm³/mol. The van der Waals surface area contributed by atoms with Crippen LogP contribution in [0.25, 0.3) is 11.0 Å². The Morgan fingerprint density at radius 1 is 1.20 bits per heavy atom. The Labute approximate surface area is 84.5 Å². The lowest BCUT2D eigenvalue weighted by molar-refractivity contribution is 1.21. The number of nitrogens with one attached hydrogen (secondary N) is 3. The summed E-state index contributed by atoms with van der Waals surface area (Å²) >= 11 is 0. The van der Waals surface area contributed by atoms with Crippen LogP contribution in [0.2, 0.25) is 0 Å². The average Bonchev–Trinajstić information content (AvgIpc) is 2.48. The van der Waals surface area contributed by atoms with Crippen LogP contribution in [0.15, 0.2) is 34.3 Å². The first-order chi connectivity index (χ1) is 7.34. The molecule has 0 radical (unpaired) electrons. The molecule has 2 aromatic rings. The average molecular weight is 200 g/mol. The second-order valence-corrected chi connectivity index (χ2v) is 3.27. The Bertz CT molecular complexity index is 632. The van der Waals surface area contributed by atoms with Gasteiger partial charge in [-0.15, -0.1) is 0 Å². The zero-order valence-electron chi connectivity index (χ0n) is 7.74. The Morgan fingerprint density at radius 3 is 3.07 bits per heavy atom. The zero-order chi connectivity index (χ0) is 10.3. The van der Waals surface area contributed by atoms with Crippen molar-refractivity contribution in [1.82, 2.24) is 9.97 Å². The van der Waals surface area contributed by atoms with E-state index in [0.29, 0.717) is 0 Å². The summed E-state index contributed by atoms with van der Waals surface area (Å²) in [5.41, 5.74) is 3.17. The maximum atomic E-state index is 11.2. The van der Waals surface area contributed by atoms with Gasteiger partial charge in [-0.2, -0.15) is 0 Å². The fourth-order valence-electron chi connectivity index (χ4n) is 1.67. The Kier molecular flexibility index (Phi) is 1.53. The smallest absolute Gasteiger partial charge is 0.323 e. The van der Waals surface area contributed by atoms with Gasteiger partial charge in [0.05, 0.1) is 16.7 Å². The molecule has 0 fully saturated rings. The lowest BCUT2D eigenvalue weighted by Gasteiger charge is -2.04. The number of hydrogen-bond donors (Lipinski definition) is 3. The van der Waals surface area contributed by atoms with Gasteiger partial charge in [0, 0.05) is 24.2 Å². The third kappa shape index (κ3) is 1.17. The molecule has 0 unspecified atom stereocenters. The summed E-state index contributed by atoms with van der Waals surface area (Å²) in [6.45, 7) is 0. The monoisotopic (exact) mass is 200 g/mol. The summed E-state index contributed by atoms with van der Waals surface area (Å²) in [4.78, 5) is 20.7. The van der Waals surface area contributed by atoms with Crippen LogP contribution in [0.3, 0.4) is 0 Å². The second-order valence-electron chi connectivity index (χ2n) is 3.27. The zero-order valence-corrected chi connectivity index (χ0v) is 7.74. The lowest BCUT2D eigenvalue weighted by atomic mass is 10.1. The fourth-order valence-corrected chi connectivity index (χ4v) is 1.67. The molecule has 3 rings (SSSR count). The SMILES string of the molecule is O=c1[nH]c2ccc3c(c2[nH]1)NC=CN=C3. The van der Waals surface area contributed by atoms with E-state index in [0.717, 1.165) is 22.3 Å². The first kappa shape index (κ1) is 8.05. The molecule has 5 nitrogen and oxygen atoms in total. The number of aromatic nitrogens is 2. The Hall–Kier alpha value is -2.30. The molecule has 0 bridgehead atoms. The van der Waals surface area contributed by atoms with Gasteiger partial charge in [0.1, 0.15) is 0 Å². The number of hydrogen-bond acceptors (Lipinski definition) is 3. The van der Waals surface area contributed by atoms with Crippen molar-refractivity contribution in [1.29, 1.82) is 0 Å². The van der Waals surface area contributed by atoms with Crippen molar-refractivity contribution < 1.29 is 0 Å². The van der Waals surface area contributed by atoms with Crippen LogP contribution < -0.4 is 11.0 Å². The predicted octanol–water partition coefficient (Wildman–Crippen LogP) is 1.17. The number of aromatic amines is 2. The number of H-pyrrole nitrogens is 2. The minimum atomic E-state index is -0.203.